The molecule has 0 bridgehead atoms. The second-order valence-corrected chi connectivity index (χ2v) is 7.58. The van der Waals surface area contributed by atoms with E-state index in [1.165, 1.54) is 18.6 Å². The number of benzene rings is 2. The minimum absolute atomic E-state index is 0.0611. The van der Waals surface area contributed by atoms with Crippen LogP contribution in [-0.2, 0) is 13.0 Å². The van der Waals surface area contributed by atoms with Crippen LogP contribution in [-0.4, -0.2) is 32.4 Å². The number of hydrogen-bond acceptors (Lipinski definition) is 5. The van der Waals surface area contributed by atoms with E-state index in [2.05, 4.69) is 20.1 Å². The van der Waals surface area contributed by atoms with Crippen molar-refractivity contribution in [3.05, 3.63) is 52.8 Å². The van der Waals surface area contributed by atoms with Gasteiger partial charge in [0.05, 0.1) is 11.6 Å². The molecule has 7 nitrogen and oxygen atoms in total. The van der Waals surface area contributed by atoms with Gasteiger partial charge in [-0.3, -0.25) is 4.79 Å². The van der Waals surface area contributed by atoms with Gasteiger partial charge in [-0.2, -0.15) is 0 Å². The fourth-order valence-electron chi connectivity index (χ4n) is 3.61. The number of phenolic OH excluding ortho intramolecular Hbond substituents is 1. The summed E-state index contributed by atoms with van der Waals surface area (Å²) in [5.74, 6) is 1.48. The molecule has 4 rings (SSSR count). The Morgan fingerprint density at radius 1 is 1.23 bits per heavy atom. The number of hydrogen-bond donors (Lipinski definition) is 2. The zero-order chi connectivity index (χ0) is 21.1. The molecule has 2 heterocycles. The van der Waals surface area contributed by atoms with Gasteiger partial charge in [-0.25, -0.2) is 0 Å². The zero-order valence-corrected chi connectivity index (χ0v) is 17.4. The van der Waals surface area contributed by atoms with Gasteiger partial charge >= 0.3 is 0 Å². The third kappa shape index (κ3) is 4.11. The Bertz CT molecular complexity index is 1080. The molecular weight excluding hydrogens is 404 g/mol. The van der Waals surface area contributed by atoms with E-state index < -0.39 is 0 Å². The Balaban J connectivity index is 1.59. The highest BCUT2D eigenvalue weighted by molar-refractivity contribution is 6.32. The van der Waals surface area contributed by atoms with Crippen LogP contribution in [0.5, 0.6) is 11.5 Å². The molecule has 156 valence electrons. The Kier molecular flexibility index (Phi) is 5.90. The quantitative estimate of drug-likeness (QED) is 0.618. The third-order valence-corrected chi connectivity index (χ3v) is 5.37. The maximum absolute atomic E-state index is 12.8. The molecule has 1 aromatic heterocycles. The molecule has 3 aromatic rings. The largest absolute Gasteiger partial charge is 0.503 e. The number of nitrogens with zero attached hydrogens (tertiary/aromatic N) is 3. The molecule has 30 heavy (non-hydrogen) atoms. The lowest BCUT2D eigenvalue weighted by molar-refractivity contribution is 0.102. The number of ether oxygens (including phenoxy) is 1. The standard InChI is InChI=1S/C22H23ClN4O3/c1-2-30-18-13-15(12-17(23)20(18)28)22(29)24-16-8-6-7-14(11-16)21-26-25-19-9-4-3-5-10-27(19)21/h6-8,11-13,28H,2-5,9-10H2,1H3,(H,24,29). The van der Waals surface area contributed by atoms with E-state index in [0.29, 0.717) is 17.9 Å². The molecular formula is C22H23ClN4O3. The van der Waals surface area contributed by atoms with Crippen molar-refractivity contribution < 1.29 is 14.6 Å². The van der Waals surface area contributed by atoms with Crippen LogP contribution in [0.1, 0.15) is 42.4 Å². The van der Waals surface area contributed by atoms with Crippen molar-refractivity contribution in [2.75, 3.05) is 11.9 Å². The van der Waals surface area contributed by atoms with Crippen molar-refractivity contribution in [2.24, 2.45) is 0 Å². The second-order valence-electron chi connectivity index (χ2n) is 7.17. The summed E-state index contributed by atoms with van der Waals surface area (Å²) in [7, 11) is 0. The lowest BCUT2D eigenvalue weighted by Gasteiger charge is -2.12. The number of fused-ring (bicyclic) bond motifs is 1. The van der Waals surface area contributed by atoms with E-state index in [-0.39, 0.29) is 22.4 Å². The SMILES string of the molecule is CCOc1cc(C(=O)Nc2cccc(-c3nnc4n3CCCCC4)c2)cc(Cl)c1O. The highest BCUT2D eigenvalue weighted by atomic mass is 35.5. The van der Waals surface area contributed by atoms with E-state index in [4.69, 9.17) is 16.3 Å². The van der Waals surface area contributed by atoms with Crippen LogP contribution in [0, 0.1) is 0 Å². The Labute approximate surface area is 179 Å². The summed E-state index contributed by atoms with van der Waals surface area (Å²) in [6.45, 7) is 3.04. The van der Waals surface area contributed by atoms with Crippen LogP contribution in [0.25, 0.3) is 11.4 Å². The molecule has 1 aliphatic rings. The van der Waals surface area contributed by atoms with Crippen LogP contribution in [0.3, 0.4) is 0 Å². The number of amides is 1. The Hall–Kier alpha value is -3.06. The van der Waals surface area contributed by atoms with Gasteiger partial charge in [0, 0.05) is 29.8 Å². The van der Waals surface area contributed by atoms with Crippen molar-refractivity contribution in [3.8, 4) is 22.9 Å². The molecule has 0 spiro atoms. The molecule has 0 saturated carbocycles. The van der Waals surface area contributed by atoms with Crippen molar-refractivity contribution in [2.45, 2.75) is 39.2 Å². The summed E-state index contributed by atoms with van der Waals surface area (Å²) in [5, 5.41) is 21.6. The second kappa shape index (κ2) is 8.75. The number of aromatic nitrogens is 3. The molecule has 0 unspecified atom stereocenters. The topological polar surface area (TPSA) is 89.3 Å². The predicted octanol–water partition coefficient (Wildman–Crippen LogP) is 4.68. The van der Waals surface area contributed by atoms with Gasteiger partial charge in [-0.05, 0) is 44.0 Å². The monoisotopic (exact) mass is 426 g/mol. The third-order valence-electron chi connectivity index (χ3n) is 5.08. The average Bonchev–Trinajstić information content (AvgIpc) is 3.00. The van der Waals surface area contributed by atoms with Gasteiger partial charge in [-0.15, -0.1) is 10.2 Å². The average molecular weight is 427 g/mol. The Morgan fingerprint density at radius 2 is 2.10 bits per heavy atom. The summed E-state index contributed by atoms with van der Waals surface area (Å²) in [6.07, 6.45) is 4.37. The maximum atomic E-state index is 12.8. The van der Waals surface area contributed by atoms with Gasteiger partial charge in [0.15, 0.2) is 17.3 Å². The normalized spacial score (nSPS) is 13.4. The van der Waals surface area contributed by atoms with Crippen LogP contribution < -0.4 is 10.1 Å². The predicted molar refractivity (Wildman–Crippen MR) is 115 cm³/mol. The van der Waals surface area contributed by atoms with Gasteiger partial charge in [-0.1, -0.05) is 30.2 Å². The number of nitrogens with one attached hydrogen (secondary N) is 1. The first kappa shape index (κ1) is 20.2. The van der Waals surface area contributed by atoms with Crippen LogP contribution in [0.15, 0.2) is 36.4 Å². The number of aromatic hydroxyl groups is 1. The van der Waals surface area contributed by atoms with Crippen LogP contribution in [0.2, 0.25) is 5.02 Å². The van der Waals surface area contributed by atoms with E-state index in [1.807, 2.05) is 24.3 Å². The molecule has 2 aromatic carbocycles. The molecule has 0 fully saturated rings. The van der Waals surface area contributed by atoms with Crippen LogP contribution >= 0.6 is 11.6 Å². The summed E-state index contributed by atoms with van der Waals surface area (Å²) >= 11 is 6.05. The van der Waals surface area contributed by atoms with Gasteiger partial charge in [0.1, 0.15) is 5.82 Å². The van der Waals surface area contributed by atoms with E-state index in [9.17, 15) is 9.90 Å². The zero-order valence-electron chi connectivity index (χ0n) is 16.7. The first-order valence-corrected chi connectivity index (χ1v) is 10.4. The molecule has 0 atom stereocenters. The van der Waals surface area contributed by atoms with E-state index in [1.54, 1.807) is 6.92 Å². The lowest BCUT2D eigenvalue weighted by Crippen LogP contribution is -2.12. The van der Waals surface area contributed by atoms with E-state index >= 15 is 0 Å². The highest BCUT2D eigenvalue weighted by Crippen LogP contribution is 2.35. The van der Waals surface area contributed by atoms with E-state index in [0.717, 1.165) is 43.0 Å². The summed E-state index contributed by atoms with van der Waals surface area (Å²) < 4.78 is 7.53. The molecule has 8 heteroatoms. The molecule has 0 aliphatic carbocycles. The molecule has 0 radical (unpaired) electrons. The number of carbonyl (C=O) groups is 1. The summed E-state index contributed by atoms with van der Waals surface area (Å²) in [6, 6.07) is 10.4. The van der Waals surface area contributed by atoms with Gasteiger partial charge in [0.2, 0.25) is 0 Å². The highest BCUT2D eigenvalue weighted by Gasteiger charge is 2.18. The fraction of sp³-hybridized carbons (Fsp3) is 0.318. The smallest absolute Gasteiger partial charge is 0.255 e. The first-order valence-electron chi connectivity index (χ1n) is 10.1. The Morgan fingerprint density at radius 3 is 2.93 bits per heavy atom. The number of anilines is 1. The molecule has 1 amide bonds. The number of aryl methyl sites for hydroxylation is 1. The van der Waals surface area contributed by atoms with Crippen molar-refractivity contribution >= 4 is 23.2 Å². The summed E-state index contributed by atoms with van der Waals surface area (Å²) in [4.78, 5) is 12.8. The summed E-state index contributed by atoms with van der Waals surface area (Å²) in [5.41, 5.74) is 1.82. The number of phenols is 1. The number of halogens is 1. The van der Waals surface area contributed by atoms with Crippen molar-refractivity contribution in [3.63, 3.8) is 0 Å². The van der Waals surface area contributed by atoms with Crippen molar-refractivity contribution in [1.82, 2.24) is 14.8 Å². The lowest BCUT2D eigenvalue weighted by atomic mass is 10.1. The molecule has 2 N–H and O–H groups in total. The van der Waals surface area contributed by atoms with Gasteiger partial charge in [0.25, 0.3) is 5.91 Å². The van der Waals surface area contributed by atoms with Gasteiger partial charge < -0.3 is 19.7 Å². The minimum atomic E-state index is -0.352. The maximum Gasteiger partial charge on any atom is 0.255 e. The fourth-order valence-corrected chi connectivity index (χ4v) is 3.82. The minimum Gasteiger partial charge on any atom is -0.503 e. The number of carbonyl (C=O) groups excluding carboxylic acids is 1. The molecule has 1 aliphatic heterocycles. The van der Waals surface area contributed by atoms with Crippen molar-refractivity contribution in [1.29, 1.82) is 0 Å². The van der Waals surface area contributed by atoms with Crippen LogP contribution in [0.4, 0.5) is 5.69 Å². The molecule has 0 saturated heterocycles. The number of rotatable bonds is 5. The first-order chi connectivity index (χ1) is 14.6.